The SMILES string of the molecule is CCCCCCCCCCn1c(O)c2c(c1O)C1CCC2O1. The number of fused-ring (bicyclic) bond motifs is 5. The standard InChI is InChI=1S/C18H29NO3/c1-2-3-4-5-6-7-8-9-12-19-17(20)15-13-10-11-14(22-13)16(15)18(19)21/h13-14,20-21H,2-12H2,1H3. The number of hydrogen-bond donors (Lipinski definition) is 2. The Hall–Kier alpha value is -1.16. The monoisotopic (exact) mass is 307 g/mol. The average Bonchev–Trinajstić information content (AvgIpc) is 3.18. The smallest absolute Gasteiger partial charge is 0.200 e. The summed E-state index contributed by atoms with van der Waals surface area (Å²) < 4.78 is 7.45. The molecule has 2 aliphatic heterocycles. The second-order valence-corrected chi connectivity index (χ2v) is 6.79. The van der Waals surface area contributed by atoms with Gasteiger partial charge in [-0.1, -0.05) is 51.9 Å². The number of nitrogens with zero attached hydrogens (tertiary/aromatic N) is 1. The van der Waals surface area contributed by atoms with Gasteiger partial charge in [0.1, 0.15) is 0 Å². The maximum absolute atomic E-state index is 10.4. The fourth-order valence-electron chi connectivity index (χ4n) is 3.94. The number of aromatic nitrogens is 1. The molecule has 2 aliphatic rings. The summed E-state index contributed by atoms with van der Waals surface area (Å²) >= 11 is 0. The van der Waals surface area contributed by atoms with Gasteiger partial charge in [0.2, 0.25) is 0 Å². The second-order valence-electron chi connectivity index (χ2n) is 6.79. The summed E-state index contributed by atoms with van der Waals surface area (Å²) in [5, 5.41) is 20.8. The summed E-state index contributed by atoms with van der Waals surface area (Å²) in [6.07, 6.45) is 12.0. The minimum Gasteiger partial charge on any atom is -0.494 e. The first-order chi connectivity index (χ1) is 10.7. The quantitative estimate of drug-likeness (QED) is 0.635. The summed E-state index contributed by atoms with van der Waals surface area (Å²) in [5.41, 5.74) is 1.71. The molecule has 0 amide bonds. The fraction of sp³-hybridized carbons (Fsp3) is 0.778. The topological polar surface area (TPSA) is 54.6 Å². The molecule has 0 aliphatic carbocycles. The van der Waals surface area contributed by atoms with Crippen molar-refractivity contribution < 1.29 is 14.9 Å². The van der Waals surface area contributed by atoms with Gasteiger partial charge in [-0.15, -0.1) is 0 Å². The van der Waals surface area contributed by atoms with Gasteiger partial charge in [-0.05, 0) is 19.3 Å². The molecule has 1 aromatic heterocycles. The molecular weight excluding hydrogens is 278 g/mol. The van der Waals surface area contributed by atoms with Gasteiger partial charge in [0.15, 0.2) is 11.8 Å². The van der Waals surface area contributed by atoms with Crippen LogP contribution < -0.4 is 0 Å². The van der Waals surface area contributed by atoms with Gasteiger partial charge in [0, 0.05) is 6.54 Å². The van der Waals surface area contributed by atoms with Crippen LogP contribution in [0, 0.1) is 0 Å². The van der Waals surface area contributed by atoms with Gasteiger partial charge in [-0.2, -0.15) is 0 Å². The number of unbranched alkanes of at least 4 members (excludes halogenated alkanes) is 7. The Bertz CT molecular complexity index is 475. The molecule has 2 unspecified atom stereocenters. The zero-order valence-corrected chi connectivity index (χ0v) is 13.7. The van der Waals surface area contributed by atoms with E-state index in [2.05, 4.69) is 6.92 Å². The van der Waals surface area contributed by atoms with Crippen LogP contribution in [0.5, 0.6) is 11.8 Å². The summed E-state index contributed by atoms with van der Waals surface area (Å²) in [6, 6.07) is 0. The van der Waals surface area contributed by atoms with Gasteiger partial charge in [0.05, 0.1) is 23.3 Å². The van der Waals surface area contributed by atoms with Crippen molar-refractivity contribution in [2.45, 2.75) is 89.9 Å². The van der Waals surface area contributed by atoms with E-state index in [0.717, 1.165) is 36.8 Å². The van der Waals surface area contributed by atoms with E-state index < -0.39 is 0 Å². The molecule has 3 rings (SSSR count). The van der Waals surface area contributed by atoms with Gasteiger partial charge in [-0.3, -0.25) is 4.57 Å². The van der Waals surface area contributed by atoms with Crippen LogP contribution in [0.1, 0.15) is 94.5 Å². The van der Waals surface area contributed by atoms with E-state index in [4.69, 9.17) is 4.74 Å². The molecule has 22 heavy (non-hydrogen) atoms. The Kier molecular flexibility index (Phi) is 4.97. The van der Waals surface area contributed by atoms with Crippen LogP contribution in [0.2, 0.25) is 0 Å². The normalized spacial score (nSPS) is 22.4. The van der Waals surface area contributed by atoms with Crippen LogP contribution in [-0.4, -0.2) is 14.8 Å². The van der Waals surface area contributed by atoms with E-state index in [0.29, 0.717) is 6.54 Å². The molecule has 2 N–H and O–H groups in total. The first kappa shape index (κ1) is 15.7. The third-order valence-corrected chi connectivity index (χ3v) is 5.18. The summed E-state index contributed by atoms with van der Waals surface area (Å²) in [4.78, 5) is 0. The Morgan fingerprint density at radius 3 is 1.91 bits per heavy atom. The first-order valence-corrected chi connectivity index (χ1v) is 9.03. The van der Waals surface area contributed by atoms with Gasteiger partial charge >= 0.3 is 0 Å². The van der Waals surface area contributed by atoms with Crippen molar-refractivity contribution in [1.29, 1.82) is 0 Å². The molecule has 0 spiro atoms. The summed E-state index contributed by atoms with van der Waals surface area (Å²) in [6.45, 7) is 2.95. The highest BCUT2D eigenvalue weighted by molar-refractivity contribution is 5.51. The molecule has 1 saturated heterocycles. The van der Waals surface area contributed by atoms with Crippen LogP contribution in [0.15, 0.2) is 0 Å². The van der Waals surface area contributed by atoms with Crippen molar-refractivity contribution >= 4 is 0 Å². The third kappa shape index (κ3) is 2.85. The maximum Gasteiger partial charge on any atom is 0.200 e. The van der Waals surface area contributed by atoms with E-state index in [1.165, 1.54) is 38.5 Å². The number of aromatic hydroxyl groups is 2. The molecule has 124 valence electrons. The Morgan fingerprint density at radius 1 is 0.864 bits per heavy atom. The van der Waals surface area contributed by atoms with Crippen molar-refractivity contribution in [1.82, 2.24) is 4.57 Å². The van der Waals surface area contributed by atoms with Gasteiger partial charge < -0.3 is 14.9 Å². The number of hydrogen-bond acceptors (Lipinski definition) is 3. The second kappa shape index (κ2) is 6.95. The van der Waals surface area contributed by atoms with E-state index in [1.54, 1.807) is 4.57 Å². The highest BCUT2D eigenvalue weighted by atomic mass is 16.5. The third-order valence-electron chi connectivity index (χ3n) is 5.18. The molecule has 1 aromatic rings. The van der Waals surface area contributed by atoms with Crippen molar-refractivity contribution in [3.05, 3.63) is 11.1 Å². The molecule has 0 saturated carbocycles. The summed E-state index contributed by atoms with van der Waals surface area (Å²) in [5.74, 6) is 0.477. The van der Waals surface area contributed by atoms with E-state index in [1.807, 2.05) is 0 Å². The molecule has 3 heterocycles. The van der Waals surface area contributed by atoms with Crippen molar-refractivity contribution in [2.75, 3.05) is 0 Å². The largest absolute Gasteiger partial charge is 0.494 e. The number of ether oxygens (including phenoxy) is 1. The van der Waals surface area contributed by atoms with Crippen LogP contribution in [0.25, 0.3) is 0 Å². The maximum atomic E-state index is 10.4. The average molecular weight is 307 g/mol. The molecule has 4 heteroatoms. The zero-order chi connectivity index (χ0) is 15.5. The molecule has 1 fully saturated rings. The molecule has 4 nitrogen and oxygen atoms in total. The van der Waals surface area contributed by atoms with Crippen LogP contribution in [-0.2, 0) is 11.3 Å². The molecule has 0 radical (unpaired) electrons. The Labute approximate surface area is 133 Å². The van der Waals surface area contributed by atoms with E-state index in [-0.39, 0.29) is 24.0 Å². The lowest BCUT2D eigenvalue weighted by atomic mass is 9.95. The molecule has 0 aromatic carbocycles. The Balaban J connectivity index is 1.46. The molecule has 2 atom stereocenters. The minimum absolute atomic E-state index is 0.00529. The fourth-order valence-corrected chi connectivity index (χ4v) is 3.94. The highest BCUT2D eigenvalue weighted by Gasteiger charge is 2.45. The van der Waals surface area contributed by atoms with Crippen molar-refractivity contribution in [2.24, 2.45) is 0 Å². The van der Waals surface area contributed by atoms with Crippen LogP contribution >= 0.6 is 0 Å². The van der Waals surface area contributed by atoms with Crippen molar-refractivity contribution in [3.63, 3.8) is 0 Å². The van der Waals surface area contributed by atoms with Gasteiger partial charge in [0.25, 0.3) is 0 Å². The molecular formula is C18H29NO3. The predicted molar refractivity (Wildman–Crippen MR) is 86.2 cm³/mol. The zero-order valence-electron chi connectivity index (χ0n) is 13.7. The van der Waals surface area contributed by atoms with Crippen molar-refractivity contribution in [3.8, 4) is 11.8 Å². The van der Waals surface area contributed by atoms with Crippen LogP contribution in [0.3, 0.4) is 0 Å². The lowest BCUT2D eigenvalue weighted by Crippen LogP contribution is -1.99. The lowest BCUT2D eigenvalue weighted by Gasteiger charge is -2.10. The van der Waals surface area contributed by atoms with E-state index in [9.17, 15) is 10.2 Å². The molecule has 2 bridgehead atoms. The number of rotatable bonds is 9. The van der Waals surface area contributed by atoms with Crippen LogP contribution in [0.4, 0.5) is 0 Å². The lowest BCUT2D eigenvalue weighted by molar-refractivity contribution is 0.0677. The Morgan fingerprint density at radius 2 is 1.36 bits per heavy atom. The summed E-state index contributed by atoms with van der Waals surface area (Å²) in [7, 11) is 0. The predicted octanol–water partition coefficient (Wildman–Crippen LogP) is 4.95. The van der Waals surface area contributed by atoms with E-state index >= 15 is 0 Å². The highest BCUT2D eigenvalue weighted by Crippen LogP contribution is 2.57. The van der Waals surface area contributed by atoms with Gasteiger partial charge in [-0.25, -0.2) is 0 Å². The first-order valence-electron chi connectivity index (χ1n) is 9.03. The minimum atomic E-state index is 0.00529.